The molecule has 1 saturated carbocycles. The van der Waals surface area contributed by atoms with Crippen molar-refractivity contribution in [2.75, 3.05) is 13.7 Å². The normalized spacial score (nSPS) is 20.0. The van der Waals surface area contributed by atoms with Crippen LogP contribution in [-0.2, 0) is 6.42 Å². The molecule has 0 bridgehead atoms. The molecule has 140 valence electrons. The lowest BCUT2D eigenvalue weighted by molar-refractivity contribution is -0.690. The molecular weight excluding hydrogens is 336 g/mol. The summed E-state index contributed by atoms with van der Waals surface area (Å²) in [6, 6.07) is 15.3. The molecule has 2 heterocycles. The summed E-state index contributed by atoms with van der Waals surface area (Å²) in [5.41, 5.74) is 5.26. The number of methoxy groups -OCH3 is 1. The highest BCUT2D eigenvalue weighted by molar-refractivity contribution is 5.86. The van der Waals surface area contributed by atoms with Gasteiger partial charge in [-0.15, -0.1) is 0 Å². The lowest BCUT2D eigenvalue weighted by atomic mass is 9.94. The van der Waals surface area contributed by atoms with Gasteiger partial charge < -0.3 is 19.8 Å². The zero-order valence-electron chi connectivity index (χ0n) is 15.8. The van der Waals surface area contributed by atoms with E-state index in [0.29, 0.717) is 12.1 Å². The lowest BCUT2D eigenvalue weighted by Gasteiger charge is -2.22. The average Bonchev–Trinajstić information content (AvgIpc) is 3.35. The first-order chi connectivity index (χ1) is 13.3. The Labute approximate surface area is 159 Å². The van der Waals surface area contributed by atoms with Crippen molar-refractivity contribution >= 4 is 10.9 Å². The van der Waals surface area contributed by atoms with Crippen LogP contribution in [0.4, 0.5) is 0 Å². The predicted molar refractivity (Wildman–Crippen MR) is 107 cm³/mol. The molecule has 4 heteroatoms. The van der Waals surface area contributed by atoms with Crippen LogP contribution < -0.4 is 14.8 Å². The number of aromatic nitrogens is 1. The smallest absolute Gasteiger partial charge is 0.153 e. The molecule has 0 spiro atoms. The van der Waals surface area contributed by atoms with Crippen molar-refractivity contribution in [2.24, 2.45) is 0 Å². The van der Waals surface area contributed by atoms with Crippen molar-refractivity contribution in [3.63, 3.8) is 0 Å². The van der Waals surface area contributed by atoms with Crippen LogP contribution in [-0.4, -0.2) is 24.7 Å². The molecule has 27 heavy (non-hydrogen) atoms. The molecule has 1 aromatic heterocycles. The monoisotopic (exact) mass is 363 g/mol. The molecule has 0 amide bonds. The Balaban J connectivity index is 1.50. The standard InChI is InChI=1S/C23H26N2O2/c1-26-17-9-10-21-20(14-17)19-11-12-24-22(23(19)25-21)15-5-4-8-18(13-15)27-16-6-2-3-7-16/h4-5,8-10,13-14,16,22,24-25H,2-3,6-7,11-12H2,1H3/p+1/t22-/m0/s1. The fourth-order valence-electron chi connectivity index (χ4n) is 4.70. The van der Waals surface area contributed by atoms with Gasteiger partial charge in [-0.25, -0.2) is 0 Å². The van der Waals surface area contributed by atoms with Crippen LogP contribution in [0, 0.1) is 0 Å². The van der Waals surface area contributed by atoms with Crippen molar-refractivity contribution in [3.8, 4) is 11.5 Å². The van der Waals surface area contributed by atoms with Gasteiger partial charge in [0, 0.05) is 22.9 Å². The molecule has 5 rings (SSSR count). The van der Waals surface area contributed by atoms with Crippen LogP contribution in [0.25, 0.3) is 10.9 Å². The number of nitrogens with one attached hydrogen (secondary N) is 1. The maximum atomic E-state index is 6.24. The van der Waals surface area contributed by atoms with Crippen LogP contribution in [0.2, 0.25) is 0 Å². The van der Waals surface area contributed by atoms with E-state index in [4.69, 9.17) is 9.47 Å². The molecule has 2 aromatic carbocycles. The molecule has 1 aliphatic carbocycles. The lowest BCUT2D eigenvalue weighted by Crippen LogP contribution is -2.87. The molecule has 1 atom stereocenters. The molecule has 1 aliphatic heterocycles. The zero-order chi connectivity index (χ0) is 18.2. The third kappa shape index (κ3) is 3.08. The Hall–Kier alpha value is -2.46. The number of H-pyrrole nitrogens is 1. The number of benzene rings is 2. The van der Waals surface area contributed by atoms with Gasteiger partial charge in [-0.3, -0.25) is 0 Å². The molecule has 2 aliphatic rings. The van der Waals surface area contributed by atoms with Gasteiger partial charge in [-0.1, -0.05) is 12.1 Å². The number of aromatic amines is 1. The van der Waals surface area contributed by atoms with Gasteiger partial charge in [0.15, 0.2) is 6.04 Å². The topological polar surface area (TPSA) is 50.9 Å². The Morgan fingerprint density at radius 3 is 2.78 bits per heavy atom. The molecule has 0 unspecified atom stereocenters. The summed E-state index contributed by atoms with van der Waals surface area (Å²) in [6.07, 6.45) is 6.44. The Morgan fingerprint density at radius 2 is 1.93 bits per heavy atom. The molecule has 4 nitrogen and oxygen atoms in total. The average molecular weight is 363 g/mol. The van der Waals surface area contributed by atoms with Gasteiger partial charge >= 0.3 is 0 Å². The Bertz CT molecular complexity index is 956. The molecule has 1 fully saturated rings. The first-order valence-corrected chi connectivity index (χ1v) is 10.1. The summed E-state index contributed by atoms with van der Waals surface area (Å²) in [5.74, 6) is 1.93. The van der Waals surface area contributed by atoms with Crippen LogP contribution in [0.3, 0.4) is 0 Å². The van der Waals surface area contributed by atoms with Gasteiger partial charge in [0.1, 0.15) is 11.5 Å². The van der Waals surface area contributed by atoms with Gasteiger partial charge in [0.2, 0.25) is 0 Å². The number of fused-ring (bicyclic) bond motifs is 3. The van der Waals surface area contributed by atoms with Crippen LogP contribution >= 0.6 is 0 Å². The van der Waals surface area contributed by atoms with Gasteiger partial charge in [-0.05, 0) is 61.6 Å². The molecule has 0 saturated heterocycles. The molecule has 0 radical (unpaired) electrons. The first-order valence-electron chi connectivity index (χ1n) is 10.1. The van der Waals surface area contributed by atoms with Gasteiger partial charge in [0.25, 0.3) is 0 Å². The van der Waals surface area contributed by atoms with E-state index in [9.17, 15) is 0 Å². The highest BCUT2D eigenvalue weighted by atomic mass is 16.5. The van der Waals surface area contributed by atoms with Gasteiger partial charge in [0.05, 0.1) is 25.5 Å². The number of hydrogen-bond donors (Lipinski definition) is 2. The van der Waals surface area contributed by atoms with Crippen molar-refractivity contribution in [1.82, 2.24) is 4.98 Å². The van der Waals surface area contributed by atoms with Crippen molar-refractivity contribution < 1.29 is 14.8 Å². The van der Waals surface area contributed by atoms with E-state index in [0.717, 1.165) is 24.5 Å². The predicted octanol–water partition coefficient (Wildman–Crippen LogP) is 3.71. The number of nitrogens with two attached hydrogens (primary N) is 1. The van der Waals surface area contributed by atoms with E-state index < -0.39 is 0 Å². The SMILES string of the molecule is COc1ccc2[nH]c3c(c2c1)CC[NH2+][C@H]3c1cccc(OC2CCCC2)c1. The molecular formula is C23H27N2O2+. The second-order valence-corrected chi connectivity index (χ2v) is 7.78. The van der Waals surface area contributed by atoms with Crippen molar-refractivity contribution in [1.29, 1.82) is 0 Å². The third-order valence-corrected chi connectivity index (χ3v) is 6.08. The molecule has 3 aromatic rings. The van der Waals surface area contributed by atoms with Crippen molar-refractivity contribution in [3.05, 3.63) is 59.3 Å². The largest absolute Gasteiger partial charge is 0.497 e. The van der Waals surface area contributed by atoms with E-state index in [2.05, 4.69) is 46.7 Å². The number of rotatable bonds is 4. The maximum absolute atomic E-state index is 6.24. The quantitative estimate of drug-likeness (QED) is 0.742. The Kier molecular flexibility index (Phi) is 4.29. The van der Waals surface area contributed by atoms with E-state index in [-0.39, 0.29) is 0 Å². The van der Waals surface area contributed by atoms with E-state index >= 15 is 0 Å². The van der Waals surface area contributed by atoms with Crippen LogP contribution in [0.15, 0.2) is 42.5 Å². The number of ether oxygens (including phenoxy) is 2. The van der Waals surface area contributed by atoms with Crippen molar-refractivity contribution in [2.45, 2.75) is 44.2 Å². The summed E-state index contributed by atoms with van der Waals surface area (Å²) in [5, 5.41) is 3.73. The zero-order valence-corrected chi connectivity index (χ0v) is 15.8. The number of quaternary nitrogens is 1. The Morgan fingerprint density at radius 1 is 1.04 bits per heavy atom. The summed E-state index contributed by atoms with van der Waals surface area (Å²) < 4.78 is 11.7. The minimum absolute atomic E-state index is 0.291. The highest BCUT2D eigenvalue weighted by Crippen LogP contribution is 2.34. The summed E-state index contributed by atoms with van der Waals surface area (Å²) in [4.78, 5) is 3.68. The fraction of sp³-hybridized carbons (Fsp3) is 0.391. The molecule has 3 N–H and O–H groups in total. The highest BCUT2D eigenvalue weighted by Gasteiger charge is 2.29. The van der Waals surface area contributed by atoms with E-state index in [1.165, 1.54) is 53.4 Å². The van der Waals surface area contributed by atoms with Crippen LogP contribution in [0.5, 0.6) is 11.5 Å². The first kappa shape index (κ1) is 16.7. The summed E-state index contributed by atoms with van der Waals surface area (Å²) in [7, 11) is 1.73. The summed E-state index contributed by atoms with van der Waals surface area (Å²) in [6.45, 7) is 1.09. The minimum Gasteiger partial charge on any atom is -0.497 e. The van der Waals surface area contributed by atoms with E-state index in [1.54, 1.807) is 7.11 Å². The fourth-order valence-corrected chi connectivity index (χ4v) is 4.70. The minimum atomic E-state index is 0.291. The second-order valence-electron chi connectivity index (χ2n) is 7.78. The van der Waals surface area contributed by atoms with E-state index in [1.807, 2.05) is 6.07 Å². The van der Waals surface area contributed by atoms with Crippen LogP contribution in [0.1, 0.15) is 48.5 Å². The maximum Gasteiger partial charge on any atom is 0.153 e. The summed E-state index contributed by atoms with van der Waals surface area (Å²) >= 11 is 0. The van der Waals surface area contributed by atoms with Gasteiger partial charge in [-0.2, -0.15) is 0 Å². The second kappa shape index (κ2) is 6.93. The third-order valence-electron chi connectivity index (χ3n) is 6.08. The number of hydrogen-bond acceptors (Lipinski definition) is 2.